The van der Waals surface area contributed by atoms with Crippen molar-refractivity contribution in [1.82, 2.24) is 5.32 Å². The Labute approximate surface area is 176 Å². The molecule has 0 saturated carbocycles. The highest BCUT2D eigenvalue weighted by Gasteiger charge is 2.19. The largest absolute Gasteiger partial charge is 0.481 e. The highest BCUT2D eigenvalue weighted by molar-refractivity contribution is 5.80. The van der Waals surface area contributed by atoms with E-state index in [1.807, 2.05) is 18.2 Å². The lowest BCUT2D eigenvalue weighted by Crippen LogP contribution is -2.27. The Morgan fingerprint density at radius 3 is 2.13 bits per heavy atom. The van der Waals surface area contributed by atoms with Crippen LogP contribution < -0.4 is 5.32 Å². The van der Waals surface area contributed by atoms with E-state index in [2.05, 4.69) is 41.7 Å². The number of carboxylic acid groups (broad SMARTS) is 2. The molecule has 1 amide bonds. The number of nitrogens with one attached hydrogen (secondary N) is 1. The van der Waals surface area contributed by atoms with E-state index < -0.39 is 17.9 Å². The summed E-state index contributed by atoms with van der Waals surface area (Å²) in [5, 5.41) is 20.7. The molecule has 0 heterocycles. The summed E-state index contributed by atoms with van der Waals surface area (Å²) in [4.78, 5) is 33.6. The van der Waals surface area contributed by atoms with Gasteiger partial charge >= 0.3 is 11.9 Å². The molecule has 0 aliphatic rings. The third-order valence-corrected chi connectivity index (χ3v) is 5.13. The fourth-order valence-corrected chi connectivity index (χ4v) is 3.43. The van der Waals surface area contributed by atoms with Gasteiger partial charge in [0.25, 0.3) is 0 Å². The molecule has 2 aromatic rings. The third kappa shape index (κ3) is 8.07. The first kappa shape index (κ1) is 23.1. The third-order valence-electron chi connectivity index (χ3n) is 5.13. The quantitative estimate of drug-likeness (QED) is 0.490. The first-order valence-corrected chi connectivity index (χ1v) is 10.2. The number of rotatable bonds is 12. The molecule has 2 atom stereocenters. The van der Waals surface area contributed by atoms with E-state index in [1.54, 1.807) is 6.92 Å². The van der Waals surface area contributed by atoms with Crippen molar-refractivity contribution >= 4 is 17.8 Å². The number of carbonyl (C=O) groups excluding carboxylic acids is 1. The van der Waals surface area contributed by atoms with Crippen molar-refractivity contribution in [1.29, 1.82) is 0 Å². The number of carboxylic acids is 2. The second kappa shape index (κ2) is 11.8. The Morgan fingerprint density at radius 2 is 1.53 bits per heavy atom. The average molecular weight is 411 g/mol. The predicted molar refractivity (Wildman–Crippen MR) is 115 cm³/mol. The minimum Gasteiger partial charge on any atom is -0.481 e. The average Bonchev–Trinajstić information content (AvgIpc) is 2.73. The van der Waals surface area contributed by atoms with Gasteiger partial charge in [0, 0.05) is 13.0 Å². The van der Waals surface area contributed by atoms with Crippen LogP contribution in [0.1, 0.15) is 38.2 Å². The maximum atomic E-state index is 11.7. The van der Waals surface area contributed by atoms with E-state index in [-0.39, 0.29) is 24.7 Å². The summed E-state index contributed by atoms with van der Waals surface area (Å²) in [6.45, 7) is 2.09. The van der Waals surface area contributed by atoms with Crippen LogP contribution in [-0.4, -0.2) is 34.6 Å². The maximum Gasteiger partial charge on any atom is 0.306 e. The van der Waals surface area contributed by atoms with Crippen LogP contribution in [0.15, 0.2) is 54.6 Å². The SMILES string of the molecule is CC(CC(CCNC(=O)CCC(=O)O)Cc1ccc(-c2ccccc2)cc1)C(=O)O. The molecule has 3 N–H and O–H groups in total. The van der Waals surface area contributed by atoms with Gasteiger partial charge in [-0.2, -0.15) is 0 Å². The summed E-state index contributed by atoms with van der Waals surface area (Å²) in [6.07, 6.45) is 1.63. The summed E-state index contributed by atoms with van der Waals surface area (Å²) < 4.78 is 0. The van der Waals surface area contributed by atoms with Crippen molar-refractivity contribution in [3.63, 3.8) is 0 Å². The molecule has 0 saturated heterocycles. The molecule has 0 radical (unpaired) electrons. The van der Waals surface area contributed by atoms with E-state index in [4.69, 9.17) is 5.11 Å². The summed E-state index contributed by atoms with van der Waals surface area (Å²) in [5.41, 5.74) is 3.39. The first-order chi connectivity index (χ1) is 14.3. The zero-order valence-corrected chi connectivity index (χ0v) is 17.2. The Balaban J connectivity index is 1.96. The lowest BCUT2D eigenvalue weighted by Gasteiger charge is -2.20. The van der Waals surface area contributed by atoms with Crippen molar-refractivity contribution in [2.24, 2.45) is 11.8 Å². The zero-order chi connectivity index (χ0) is 21.9. The van der Waals surface area contributed by atoms with Crippen molar-refractivity contribution < 1.29 is 24.6 Å². The molecule has 2 aromatic carbocycles. The molecule has 0 bridgehead atoms. The van der Waals surface area contributed by atoms with Crippen LogP contribution in [0.5, 0.6) is 0 Å². The van der Waals surface area contributed by atoms with Crippen molar-refractivity contribution in [3.05, 3.63) is 60.2 Å². The molecule has 0 spiro atoms. The number of benzene rings is 2. The molecular formula is C24H29NO5. The van der Waals surface area contributed by atoms with Gasteiger partial charge in [-0.05, 0) is 41.9 Å². The van der Waals surface area contributed by atoms with Crippen LogP contribution >= 0.6 is 0 Å². The molecule has 30 heavy (non-hydrogen) atoms. The smallest absolute Gasteiger partial charge is 0.306 e. The minimum atomic E-state index is -1.00. The van der Waals surface area contributed by atoms with Crippen LogP contribution in [-0.2, 0) is 20.8 Å². The second-order valence-corrected chi connectivity index (χ2v) is 7.64. The second-order valence-electron chi connectivity index (χ2n) is 7.64. The van der Waals surface area contributed by atoms with E-state index in [1.165, 1.54) is 0 Å². The van der Waals surface area contributed by atoms with Gasteiger partial charge in [0.2, 0.25) is 5.91 Å². The van der Waals surface area contributed by atoms with Crippen molar-refractivity contribution in [2.75, 3.05) is 6.54 Å². The predicted octanol–water partition coefficient (Wildman–Crippen LogP) is 3.99. The van der Waals surface area contributed by atoms with Gasteiger partial charge in [-0.1, -0.05) is 61.5 Å². The molecule has 6 nitrogen and oxygen atoms in total. The number of aliphatic carboxylic acids is 2. The van der Waals surface area contributed by atoms with E-state index in [0.29, 0.717) is 19.4 Å². The van der Waals surface area contributed by atoms with Crippen LogP contribution in [0.25, 0.3) is 11.1 Å². The molecule has 0 aliphatic heterocycles. The van der Waals surface area contributed by atoms with E-state index in [0.717, 1.165) is 23.1 Å². The maximum absolute atomic E-state index is 11.7. The fourth-order valence-electron chi connectivity index (χ4n) is 3.43. The van der Waals surface area contributed by atoms with Gasteiger partial charge in [-0.25, -0.2) is 0 Å². The summed E-state index contributed by atoms with van der Waals surface area (Å²) >= 11 is 0. The monoisotopic (exact) mass is 411 g/mol. The molecule has 0 aromatic heterocycles. The molecule has 2 rings (SSSR count). The molecule has 2 unspecified atom stereocenters. The Kier molecular flexibility index (Phi) is 9.06. The topological polar surface area (TPSA) is 104 Å². The highest BCUT2D eigenvalue weighted by Crippen LogP contribution is 2.24. The molecule has 0 fully saturated rings. The highest BCUT2D eigenvalue weighted by atomic mass is 16.4. The van der Waals surface area contributed by atoms with E-state index >= 15 is 0 Å². The molecular weight excluding hydrogens is 382 g/mol. The summed E-state index contributed by atoms with van der Waals surface area (Å²) in [5.74, 6) is -2.50. The van der Waals surface area contributed by atoms with Crippen molar-refractivity contribution in [3.8, 4) is 11.1 Å². The van der Waals surface area contributed by atoms with Gasteiger partial charge in [0.1, 0.15) is 0 Å². The van der Waals surface area contributed by atoms with Crippen LogP contribution in [0.4, 0.5) is 0 Å². The lowest BCUT2D eigenvalue weighted by molar-refractivity contribution is -0.141. The van der Waals surface area contributed by atoms with Gasteiger partial charge in [-0.3, -0.25) is 14.4 Å². The summed E-state index contributed by atoms with van der Waals surface area (Å²) in [7, 11) is 0. The summed E-state index contributed by atoms with van der Waals surface area (Å²) in [6, 6.07) is 18.3. The van der Waals surface area contributed by atoms with Crippen LogP contribution in [0.2, 0.25) is 0 Å². The van der Waals surface area contributed by atoms with Gasteiger partial charge in [-0.15, -0.1) is 0 Å². The minimum absolute atomic E-state index is 0.0491. The van der Waals surface area contributed by atoms with Gasteiger partial charge in [0.05, 0.1) is 12.3 Å². The van der Waals surface area contributed by atoms with E-state index in [9.17, 15) is 19.5 Å². The fraction of sp³-hybridized carbons (Fsp3) is 0.375. The number of carbonyl (C=O) groups is 3. The number of hydrogen-bond donors (Lipinski definition) is 3. The number of hydrogen-bond acceptors (Lipinski definition) is 3. The van der Waals surface area contributed by atoms with Crippen molar-refractivity contribution in [2.45, 2.75) is 39.0 Å². The first-order valence-electron chi connectivity index (χ1n) is 10.2. The zero-order valence-electron chi connectivity index (χ0n) is 17.2. The molecule has 160 valence electrons. The van der Waals surface area contributed by atoms with Gasteiger partial charge in [0.15, 0.2) is 0 Å². The lowest BCUT2D eigenvalue weighted by atomic mass is 9.87. The number of amides is 1. The normalized spacial score (nSPS) is 12.7. The Bertz CT molecular complexity index is 832. The molecule has 6 heteroatoms. The van der Waals surface area contributed by atoms with Crippen LogP contribution in [0.3, 0.4) is 0 Å². The molecule has 0 aliphatic carbocycles. The van der Waals surface area contributed by atoms with Gasteiger partial charge < -0.3 is 15.5 Å². The Morgan fingerprint density at radius 1 is 0.900 bits per heavy atom. The Hall–Kier alpha value is -3.15. The van der Waals surface area contributed by atoms with Crippen LogP contribution in [0, 0.1) is 11.8 Å². The standard InChI is InChI=1S/C24H29NO5/c1-17(24(29)30)15-19(13-14-25-22(26)11-12-23(27)28)16-18-7-9-21(10-8-18)20-5-3-2-4-6-20/h2-10,17,19H,11-16H2,1H3,(H,25,26)(H,27,28)(H,29,30).